The predicted molar refractivity (Wildman–Crippen MR) is 53.2 cm³/mol. The van der Waals surface area contributed by atoms with Crippen molar-refractivity contribution >= 4 is 5.97 Å². The van der Waals surface area contributed by atoms with Gasteiger partial charge in [-0.05, 0) is 12.1 Å². The number of aromatic nitrogens is 1. The van der Waals surface area contributed by atoms with Crippen molar-refractivity contribution in [1.29, 1.82) is 0 Å². The number of rotatable bonds is 1. The molecule has 1 aliphatic heterocycles. The number of aromatic carboxylic acids is 1. The Kier molecular flexibility index (Phi) is 1.73. The van der Waals surface area contributed by atoms with Crippen LogP contribution in [0.25, 0.3) is 11.3 Å². The summed E-state index contributed by atoms with van der Waals surface area (Å²) in [6.07, 6.45) is 0. The van der Waals surface area contributed by atoms with E-state index in [0.29, 0.717) is 17.1 Å². The molecule has 1 N–H and O–H groups in total. The van der Waals surface area contributed by atoms with Crippen LogP contribution in [0.2, 0.25) is 0 Å². The third-order valence-electron chi connectivity index (χ3n) is 2.49. The fraction of sp³-hybridized carbons (Fsp3) is 0.0909. The summed E-state index contributed by atoms with van der Waals surface area (Å²) >= 11 is 0. The molecule has 16 heavy (non-hydrogen) atoms. The molecule has 5 nitrogen and oxygen atoms in total. The van der Waals surface area contributed by atoms with Gasteiger partial charge in [0.1, 0.15) is 12.4 Å². The van der Waals surface area contributed by atoms with Crippen molar-refractivity contribution in [3.05, 3.63) is 35.5 Å². The molecule has 80 valence electrons. The van der Waals surface area contributed by atoms with E-state index in [9.17, 15) is 4.79 Å². The molecule has 0 unspecified atom stereocenters. The van der Waals surface area contributed by atoms with Crippen molar-refractivity contribution in [3.63, 3.8) is 0 Å². The zero-order valence-corrected chi connectivity index (χ0v) is 8.14. The van der Waals surface area contributed by atoms with E-state index < -0.39 is 5.97 Å². The number of para-hydroxylation sites is 1. The van der Waals surface area contributed by atoms with Crippen LogP contribution in [0.4, 0.5) is 0 Å². The normalized spacial score (nSPS) is 12.5. The second-order valence-electron chi connectivity index (χ2n) is 3.43. The summed E-state index contributed by atoms with van der Waals surface area (Å²) in [6.45, 7) is 0.178. The van der Waals surface area contributed by atoms with Gasteiger partial charge in [-0.2, -0.15) is 0 Å². The first-order valence-corrected chi connectivity index (χ1v) is 4.71. The van der Waals surface area contributed by atoms with Gasteiger partial charge < -0.3 is 14.4 Å². The summed E-state index contributed by atoms with van der Waals surface area (Å²) in [7, 11) is 0. The molecule has 0 amide bonds. The number of ether oxygens (including phenoxy) is 1. The summed E-state index contributed by atoms with van der Waals surface area (Å²) in [4.78, 5) is 10.9. The minimum atomic E-state index is -1.10. The van der Waals surface area contributed by atoms with Gasteiger partial charge in [0.2, 0.25) is 0 Å². The third kappa shape index (κ3) is 1.11. The fourth-order valence-corrected chi connectivity index (χ4v) is 1.75. The molecule has 5 heteroatoms. The Hall–Kier alpha value is -2.30. The number of hydrogen-bond donors (Lipinski definition) is 1. The molecule has 2 heterocycles. The summed E-state index contributed by atoms with van der Waals surface area (Å²) < 4.78 is 10.5. The number of carbonyl (C=O) groups is 1. The molecule has 1 aromatic heterocycles. The lowest BCUT2D eigenvalue weighted by Crippen LogP contribution is -2.08. The smallest absolute Gasteiger partial charge is 0.358 e. The highest BCUT2D eigenvalue weighted by Crippen LogP contribution is 2.38. The molecular formula is C11H7NO4. The van der Waals surface area contributed by atoms with E-state index in [1.165, 1.54) is 0 Å². The first kappa shape index (κ1) is 8.96. The molecule has 1 aliphatic rings. The lowest BCUT2D eigenvalue weighted by Gasteiger charge is -2.15. The standard InChI is InChI=1S/C11H7NO4/c13-11(14)9-7-5-15-8-4-2-1-3-6(8)10(7)16-12-9/h1-4H,5H2,(H,13,14). The van der Waals surface area contributed by atoms with E-state index in [-0.39, 0.29) is 12.3 Å². The molecular weight excluding hydrogens is 210 g/mol. The van der Waals surface area contributed by atoms with Crippen LogP contribution in [0.3, 0.4) is 0 Å². The average molecular weight is 217 g/mol. The highest BCUT2D eigenvalue weighted by Gasteiger charge is 2.28. The van der Waals surface area contributed by atoms with Gasteiger partial charge in [0.15, 0.2) is 11.5 Å². The summed E-state index contributed by atoms with van der Waals surface area (Å²) in [5.41, 5.74) is 1.15. The zero-order chi connectivity index (χ0) is 11.1. The summed E-state index contributed by atoms with van der Waals surface area (Å²) in [6, 6.07) is 7.30. The molecule has 3 rings (SSSR count). The van der Waals surface area contributed by atoms with Gasteiger partial charge in [0.05, 0.1) is 11.1 Å². The molecule has 1 aromatic carbocycles. The summed E-state index contributed by atoms with van der Waals surface area (Å²) in [5.74, 6) is 0.0651. The topological polar surface area (TPSA) is 72.6 Å². The molecule has 0 aliphatic carbocycles. The molecule has 2 aromatic rings. The van der Waals surface area contributed by atoms with Gasteiger partial charge in [-0.25, -0.2) is 4.79 Å². The van der Waals surface area contributed by atoms with Crippen molar-refractivity contribution < 1.29 is 19.2 Å². The van der Waals surface area contributed by atoms with Crippen molar-refractivity contribution in [2.45, 2.75) is 6.61 Å². The fourth-order valence-electron chi connectivity index (χ4n) is 1.75. The molecule has 0 fully saturated rings. The van der Waals surface area contributed by atoms with Crippen molar-refractivity contribution in [2.75, 3.05) is 0 Å². The van der Waals surface area contributed by atoms with E-state index in [4.69, 9.17) is 14.4 Å². The minimum Gasteiger partial charge on any atom is -0.488 e. The van der Waals surface area contributed by atoms with Crippen LogP contribution in [0.15, 0.2) is 28.8 Å². The van der Waals surface area contributed by atoms with Gasteiger partial charge in [-0.1, -0.05) is 17.3 Å². The maximum absolute atomic E-state index is 10.9. The highest BCUT2D eigenvalue weighted by atomic mass is 16.5. The Balaban J connectivity index is 2.23. The molecule has 0 saturated carbocycles. The molecule has 0 saturated heterocycles. The van der Waals surface area contributed by atoms with Crippen molar-refractivity contribution in [1.82, 2.24) is 5.16 Å². The van der Waals surface area contributed by atoms with Gasteiger partial charge in [0, 0.05) is 0 Å². The second-order valence-corrected chi connectivity index (χ2v) is 3.43. The molecule has 0 radical (unpaired) electrons. The first-order chi connectivity index (χ1) is 7.77. The van der Waals surface area contributed by atoms with Gasteiger partial charge >= 0.3 is 5.97 Å². The van der Waals surface area contributed by atoms with Gasteiger partial charge in [-0.15, -0.1) is 0 Å². The van der Waals surface area contributed by atoms with Crippen LogP contribution in [-0.2, 0) is 6.61 Å². The van der Waals surface area contributed by atoms with E-state index in [2.05, 4.69) is 5.16 Å². The minimum absolute atomic E-state index is 0.0792. The number of fused-ring (bicyclic) bond motifs is 3. The molecule has 0 bridgehead atoms. The van der Waals surface area contributed by atoms with E-state index >= 15 is 0 Å². The van der Waals surface area contributed by atoms with Crippen molar-refractivity contribution in [3.8, 4) is 17.1 Å². The van der Waals surface area contributed by atoms with Crippen LogP contribution < -0.4 is 4.74 Å². The SMILES string of the molecule is O=C(O)c1noc2c1COc1ccccc1-2. The Labute approximate surface area is 90.2 Å². The quantitative estimate of drug-likeness (QED) is 0.790. The van der Waals surface area contributed by atoms with Gasteiger partial charge in [-0.3, -0.25) is 0 Å². The lowest BCUT2D eigenvalue weighted by atomic mass is 10.0. The second kappa shape index (κ2) is 3.10. The Bertz CT molecular complexity index is 573. The largest absolute Gasteiger partial charge is 0.488 e. The first-order valence-electron chi connectivity index (χ1n) is 4.71. The Morgan fingerprint density at radius 1 is 1.38 bits per heavy atom. The molecule has 0 atom stereocenters. The van der Waals surface area contributed by atoms with Crippen LogP contribution in [0, 0.1) is 0 Å². The van der Waals surface area contributed by atoms with E-state index in [1.807, 2.05) is 18.2 Å². The number of carboxylic acids is 1. The van der Waals surface area contributed by atoms with E-state index in [1.54, 1.807) is 6.07 Å². The predicted octanol–water partition coefficient (Wildman–Crippen LogP) is 1.93. The van der Waals surface area contributed by atoms with Crippen LogP contribution in [0.1, 0.15) is 16.1 Å². The monoisotopic (exact) mass is 217 g/mol. The zero-order valence-electron chi connectivity index (χ0n) is 8.14. The van der Waals surface area contributed by atoms with Gasteiger partial charge in [0.25, 0.3) is 0 Å². The summed E-state index contributed by atoms with van der Waals surface area (Å²) in [5, 5.41) is 12.4. The van der Waals surface area contributed by atoms with E-state index in [0.717, 1.165) is 5.56 Å². The Morgan fingerprint density at radius 2 is 2.19 bits per heavy atom. The Morgan fingerprint density at radius 3 is 3.00 bits per heavy atom. The number of hydrogen-bond acceptors (Lipinski definition) is 4. The van der Waals surface area contributed by atoms with Crippen molar-refractivity contribution in [2.24, 2.45) is 0 Å². The highest BCUT2D eigenvalue weighted by molar-refractivity contribution is 5.89. The number of carboxylic acid groups (broad SMARTS) is 1. The lowest BCUT2D eigenvalue weighted by molar-refractivity contribution is 0.0683. The number of benzene rings is 1. The molecule has 0 spiro atoms. The third-order valence-corrected chi connectivity index (χ3v) is 2.49. The number of nitrogens with zero attached hydrogens (tertiary/aromatic N) is 1. The average Bonchev–Trinajstić information content (AvgIpc) is 2.73. The van der Waals surface area contributed by atoms with Crippen LogP contribution in [-0.4, -0.2) is 16.2 Å². The maximum Gasteiger partial charge on any atom is 0.358 e. The van der Waals surface area contributed by atoms with Crippen LogP contribution in [0.5, 0.6) is 5.75 Å². The van der Waals surface area contributed by atoms with Crippen LogP contribution >= 0.6 is 0 Å². The maximum atomic E-state index is 10.9.